The summed E-state index contributed by atoms with van der Waals surface area (Å²) in [5.41, 5.74) is 1.24. The molecule has 6 rings (SSSR count). The monoisotopic (exact) mass is 592 g/mol. The second-order valence-electron chi connectivity index (χ2n) is 10.4. The number of hydrogen-bond donors (Lipinski definition) is 3. The Morgan fingerprint density at radius 1 is 0.805 bits per heavy atom. The van der Waals surface area contributed by atoms with Crippen LogP contribution in [0.2, 0.25) is 0 Å². The van der Waals surface area contributed by atoms with Gasteiger partial charge in [0, 0.05) is 23.6 Å². The van der Waals surface area contributed by atoms with Crippen molar-refractivity contribution in [3.63, 3.8) is 0 Å². The van der Waals surface area contributed by atoms with Crippen molar-refractivity contribution in [2.75, 3.05) is 26.0 Å². The predicted octanol–water partition coefficient (Wildman–Crippen LogP) is 5.72. The van der Waals surface area contributed by atoms with E-state index in [0.717, 1.165) is 11.1 Å². The number of anilines is 1. The van der Waals surface area contributed by atoms with Gasteiger partial charge in [0.05, 0.1) is 23.7 Å². The number of carbonyl (C=O) groups is 1. The van der Waals surface area contributed by atoms with Crippen molar-refractivity contribution in [2.24, 2.45) is 0 Å². The van der Waals surface area contributed by atoms with Gasteiger partial charge in [0.15, 0.2) is 5.11 Å². The van der Waals surface area contributed by atoms with Gasteiger partial charge in [-0.3, -0.25) is 4.79 Å². The molecule has 0 heterocycles. The van der Waals surface area contributed by atoms with Crippen LogP contribution in [-0.4, -0.2) is 48.6 Å². The maximum absolute atomic E-state index is 13.2. The van der Waals surface area contributed by atoms with E-state index in [4.69, 9.17) is 12.2 Å². The smallest absolute Gasteiger partial charge is 0.353 e. The largest absolute Gasteiger partial charge is 0.416 e. The summed E-state index contributed by atoms with van der Waals surface area (Å²) in [4.78, 5) is 15.2. The van der Waals surface area contributed by atoms with Crippen LogP contribution in [0.15, 0.2) is 66.7 Å². The number of hydrogen-bond acceptors (Lipinski definition) is 3. The van der Waals surface area contributed by atoms with E-state index in [2.05, 4.69) is 45.1 Å². The van der Waals surface area contributed by atoms with Gasteiger partial charge in [0.1, 0.15) is 0 Å². The SMILES string of the molecule is CN(C)C1C2c3ccccc3C(c3ccccc32)C1NC(=O)CNC(=S)Nc1cc(C(F)(F)F)cc(C(F)(F)F)c1. The third kappa shape index (κ3) is 5.62. The first-order chi connectivity index (χ1) is 19.3. The maximum atomic E-state index is 13.2. The van der Waals surface area contributed by atoms with Crippen LogP contribution < -0.4 is 16.0 Å². The summed E-state index contributed by atoms with van der Waals surface area (Å²) in [7, 11) is 3.91. The summed E-state index contributed by atoms with van der Waals surface area (Å²) in [6.07, 6.45) is -9.99. The molecule has 1 amide bonds. The van der Waals surface area contributed by atoms with Gasteiger partial charge in [0.2, 0.25) is 5.91 Å². The average Bonchev–Trinajstić information content (AvgIpc) is 2.90. The fraction of sp³-hybridized carbons (Fsp3) is 0.310. The first-order valence-corrected chi connectivity index (χ1v) is 13.1. The van der Waals surface area contributed by atoms with Crippen LogP contribution in [0.25, 0.3) is 0 Å². The van der Waals surface area contributed by atoms with Gasteiger partial charge < -0.3 is 20.9 Å². The lowest BCUT2D eigenvalue weighted by molar-refractivity contribution is -0.143. The number of rotatable bonds is 5. The molecule has 3 aromatic rings. The van der Waals surface area contributed by atoms with Crippen molar-refractivity contribution >= 4 is 28.9 Å². The lowest BCUT2D eigenvalue weighted by atomic mass is 9.59. The summed E-state index contributed by atoms with van der Waals surface area (Å²) in [6, 6.07) is 17.0. The summed E-state index contributed by atoms with van der Waals surface area (Å²) in [6.45, 7) is -0.339. The highest BCUT2D eigenvalue weighted by Crippen LogP contribution is 2.53. The summed E-state index contributed by atoms with van der Waals surface area (Å²) < 4.78 is 79.1. The first-order valence-electron chi connectivity index (χ1n) is 12.7. The molecule has 0 saturated carbocycles. The summed E-state index contributed by atoms with van der Waals surface area (Å²) in [5.74, 6) is -0.514. The molecule has 12 heteroatoms. The average molecular weight is 593 g/mol. The molecular weight excluding hydrogens is 566 g/mol. The fourth-order valence-corrected chi connectivity index (χ4v) is 6.23. The summed E-state index contributed by atoms with van der Waals surface area (Å²) in [5, 5.41) is 7.75. The Labute approximate surface area is 237 Å². The quantitative estimate of drug-likeness (QED) is 0.262. The van der Waals surface area contributed by atoms with Crippen molar-refractivity contribution in [2.45, 2.75) is 36.3 Å². The van der Waals surface area contributed by atoms with Crippen molar-refractivity contribution in [3.05, 3.63) is 100 Å². The molecule has 0 spiro atoms. The number of halogens is 6. The van der Waals surface area contributed by atoms with E-state index in [9.17, 15) is 31.1 Å². The van der Waals surface area contributed by atoms with Crippen LogP contribution >= 0.6 is 12.2 Å². The molecule has 2 unspecified atom stereocenters. The molecule has 41 heavy (non-hydrogen) atoms. The van der Waals surface area contributed by atoms with E-state index < -0.39 is 35.1 Å². The molecule has 2 bridgehead atoms. The van der Waals surface area contributed by atoms with Crippen LogP contribution in [-0.2, 0) is 17.1 Å². The zero-order valence-corrected chi connectivity index (χ0v) is 22.7. The minimum atomic E-state index is -4.99. The van der Waals surface area contributed by atoms with E-state index in [0.29, 0.717) is 12.1 Å². The molecule has 0 aliphatic heterocycles. The van der Waals surface area contributed by atoms with Crippen molar-refractivity contribution in [1.82, 2.24) is 15.5 Å². The molecule has 2 atom stereocenters. The lowest BCUT2D eigenvalue weighted by Gasteiger charge is -2.53. The third-order valence-electron chi connectivity index (χ3n) is 7.58. The molecule has 3 N–H and O–H groups in total. The number of thiocarbonyl (C=S) groups is 1. The molecule has 0 aromatic heterocycles. The molecule has 3 aliphatic carbocycles. The Morgan fingerprint density at radius 3 is 1.71 bits per heavy atom. The first kappa shape index (κ1) is 28.9. The minimum Gasteiger partial charge on any atom is -0.353 e. The molecule has 0 saturated heterocycles. The third-order valence-corrected chi connectivity index (χ3v) is 7.83. The van der Waals surface area contributed by atoms with E-state index >= 15 is 0 Å². The molecule has 0 radical (unpaired) electrons. The number of benzene rings is 3. The van der Waals surface area contributed by atoms with Gasteiger partial charge in [0.25, 0.3) is 0 Å². The molecule has 216 valence electrons. The number of fused-ring (bicyclic) bond motifs is 1. The van der Waals surface area contributed by atoms with Crippen LogP contribution in [0, 0.1) is 0 Å². The van der Waals surface area contributed by atoms with Crippen LogP contribution in [0.5, 0.6) is 0 Å². The van der Waals surface area contributed by atoms with Gasteiger partial charge in [-0.15, -0.1) is 0 Å². The molecular formula is C29H26F6N4OS. The van der Waals surface area contributed by atoms with E-state index in [1.165, 1.54) is 11.1 Å². The van der Waals surface area contributed by atoms with Crippen LogP contribution in [0.3, 0.4) is 0 Å². The molecule has 3 aromatic carbocycles. The standard InChI is InChI=1S/C29H26F6N4OS/c1-39(2)26-24-20-9-5-3-7-18(20)23(19-8-4-6-10-21(19)24)25(26)38-22(40)14-36-27(41)37-17-12-15(28(30,31)32)11-16(13-17)29(33,34)35/h3-13,23-26H,14H2,1-2H3,(H,38,40)(H2,36,37,41). The van der Waals surface area contributed by atoms with Crippen molar-refractivity contribution in [3.8, 4) is 0 Å². The van der Waals surface area contributed by atoms with Gasteiger partial charge in [-0.05, 0) is 66.8 Å². The van der Waals surface area contributed by atoms with Gasteiger partial charge in [-0.2, -0.15) is 26.3 Å². The number of alkyl halides is 6. The van der Waals surface area contributed by atoms with E-state index in [1.54, 1.807) is 0 Å². The Morgan fingerprint density at radius 2 is 1.27 bits per heavy atom. The highest BCUT2D eigenvalue weighted by Gasteiger charge is 2.51. The van der Waals surface area contributed by atoms with E-state index in [-0.39, 0.29) is 41.6 Å². The fourth-order valence-electron chi connectivity index (χ4n) is 6.04. The predicted molar refractivity (Wildman–Crippen MR) is 147 cm³/mol. The zero-order chi connectivity index (χ0) is 29.7. The van der Waals surface area contributed by atoms with Crippen LogP contribution in [0.1, 0.15) is 45.2 Å². The number of amides is 1. The normalized spacial score (nSPS) is 21.2. The van der Waals surface area contributed by atoms with Crippen molar-refractivity contribution < 1.29 is 31.1 Å². The van der Waals surface area contributed by atoms with Gasteiger partial charge >= 0.3 is 12.4 Å². The lowest BCUT2D eigenvalue weighted by Crippen LogP contribution is -2.61. The van der Waals surface area contributed by atoms with Crippen molar-refractivity contribution in [1.29, 1.82) is 0 Å². The number of carbonyl (C=O) groups excluding carboxylic acids is 1. The Kier molecular flexibility index (Phi) is 7.49. The second kappa shape index (κ2) is 10.6. The highest BCUT2D eigenvalue weighted by atomic mass is 32.1. The van der Waals surface area contributed by atoms with E-state index in [1.807, 2.05) is 38.4 Å². The maximum Gasteiger partial charge on any atom is 0.416 e. The second-order valence-corrected chi connectivity index (χ2v) is 10.8. The topological polar surface area (TPSA) is 56.4 Å². The number of nitrogens with one attached hydrogen (secondary N) is 3. The minimum absolute atomic E-state index is 0.0205. The Bertz CT molecular complexity index is 1410. The molecule has 3 aliphatic rings. The number of nitrogens with zero attached hydrogens (tertiary/aromatic N) is 1. The highest BCUT2D eigenvalue weighted by molar-refractivity contribution is 7.80. The molecule has 0 fully saturated rings. The Balaban J connectivity index is 1.32. The molecule has 5 nitrogen and oxygen atoms in total. The zero-order valence-electron chi connectivity index (χ0n) is 21.9. The summed E-state index contributed by atoms with van der Waals surface area (Å²) >= 11 is 5.08. The Hall–Kier alpha value is -3.64. The number of likely N-dealkylation sites (N-methyl/N-ethyl adjacent to an activating group) is 1. The van der Waals surface area contributed by atoms with Crippen LogP contribution in [0.4, 0.5) is 32.0 Å². The van der Waals surface area contributed by atoms with Gasteiger partial charge in [-0.1, -0.05) is 48.5 Å². The van der Waals surface area contributed by atoms with Gasteiger partial charge in [-0.25, -0.2) is 0 Å².